The first-order valence-electron chi connectivity index (χ1n) is 5.31. The van der Waals surface area contributed by atoms with Gasteiger partial charge in [-0.2, -0.15) is 0 Å². The quantitative estimate of drug-likeness (QED) is 0.561. The van der Waals surface area contributed by atoms with Gasteiger partial charge >= 0.3 is 0 Å². The maximum atomic E-state index is 3.32. The number of nitrogens with one attached hydrogen (secondary N) is 3. The largest absolute Gasteiger partial charge is 0.318 e. The highest BCUT2D eigenvalue weighted by molar-refractivity contribution is 4.62. The van der Waals surface area contributed by atoms with E-state index in [1.165, 1.54) is 25.9 Å². The molecule has 3 nitrogen and oxygen atoms in total. The highest BCUT2D eigenvalue weighted by Crippen LogP contribution is 2.08. The second-order valence-corrected chi connectivity index (χ2v) is 3.64. The summed E-state index contributed by atoms with van der Waals surface area (Å²) in [5.74, 6) is 0.973. The summed E-state index contributed by atoms with van der Waals surface area (Å²) in [5, 5.41) is 9.33. The number of rotatable bonds is 3. The van der Waals surface area contributed by atoms with Crippen molar-refractivity contribution >= 4 is 0 Å². The molecular formula is C10H25N3. The molecule has 1 aliphatic heterocycles. The monoisotopic (exact) mass is 187 g/mol. The molecule has 0 saturated carbocycles. The Morgan fingerprint density at radius 1 is 1.08 bits per heavy atom. The van der Waals surface area contributed by atoms with Gasteiger partial charge in [0.15, 0.2) is 0 Å². The lowest BCUT2D eigenvalue weighted by Gasteiger charge is -2.17. The van der Waals surface area contributed by atoms with E-state index in [4.69, 9.17) is 0 Å². The number of hydrogen-bond acceptors (Lipinski definition) is 3. The van der Waals surface area contributed by atoms with Crippen molar-refractivity contribution in [3.8, 4) is 0 Å². The number of likely N-dealkylation sites (N-methyl/N-ethyl adjacent to an activating group) is 2. The maximum absolute atomic E-state index is 3.32. The molecule has 13 heavy (non-hydrogen) atoms. The topological polar surface area (TPSA) is 36.1 Å². The minimum atomic E-state index is 0.973. The van der Waals surface area contributed by atoms with Crippen LogP contribution in [0.1, 0.15) is 19.8 Å². The van der Waals surface area contributed by atoms with Crippen LogP contribution in [-0.2, 0) is 0 Å². The molecule has 0 aromatic carbocycles. The molecule has 1 heterocycles. The molecule has 0 aromatic heterocycles. The highest BCUT2D eigenvalue weighted by Gasteiger charge is 2.04. The molecular weight excluding hydrogens is 162 g/mol. The Kier molecular flexibility index (Phi) is 9.87. The van der Waals surface area contributed by atoms with E-state index in [0.717, 1.165) is 19.0 Å². The van der Waals surface area contributed by atoms with Crippen LogP contribution in [0.5, 0.6) is 0 Å². The molecule has 0 radical (unpaired) electrons. The first-order chi connectivity index (χ1) is 6.31. The summed E-state index contributed by atoms with van der Waals surface area (Å²) < 4.78 is 0. The van der Waals surface area contributed by atoms with Crippen LogP contribution in [0.15, 0.2) is 0 Å². The zero-order valence-electron chi connectivity index (χ0n) is 9.32. The molecule has 1 saturated heterocycles. The lowest BCUT2D eigenvalue weighted by atomic mass is 10.0. The van der Waals surface area contributed by atoms with Gasteiger partial charge in [0.2, 0.25) is 0 Å². The summed E-state index contributed by atoms with van der Waals surface area (Å²) in [6.45, 7) is 6.90. The van der Waals surface area contributed by atoms with Gasteiger partial charge in [-0.15, -0.1) is 0 Å². The Hall–Kier alpha value is -0.120. The van der Waals surface area contributed by atoms with E-state index in [9.17, 15) is 0 Å². The molecule has 1 rings (SSSR count). The molecule has 0 unspecified atom stereocenters. The second-order valence-electron chi connectivity index (χ2n) is 3.64. The van der Waals surface area contributed by atoms with E-state index in [1.807, 2.05) is 14.1 Å². The first-order valence-corrected chi connectivity index (χ1v) is 5.31. The Labute approximate surface area is 82.7 Å². The van der Waals surface area contributed by atoms with Crippen molar-refractivity contribution in [2.24, 2.45) is 5.92 Å². The lowest BCUT2D eigenvalue weighted by Crippen LogP contribution is -2.26. The van der Waals surface area contributed by atoms with E-state index < -0.39 is 0 Å². The van der Waals surface area contributed by atoms with E-state index in [0.29, 0.717) is 0 Å². The predicted octanol–water partition coefficient (Wildman–Crippen LogP) is 0.431. The minimum Gasteiger partial charge on any atom is -0.318 e. The van der Waals surface area contributed by atoms with Crippen molar-refractivity contribution in [2.75, 3.05) is 40.3 Å². The van der Waals surface area contributed by atoms with Crippen molar-refractivity contribution < 1.29 is 0 Å². The van der Waals surface area contributed by atoms with Crippen LogP contribution in [0.3, 0.4) is 0 Å². The Morgan fingerprint density at radius 2 is 1.54 bits per heavy atom. The van der Waals surface area contributed by atoms with Crippen LogP contribution in [0.25, 0.3) is 0 Å². The summed E-state index contributed by atoms with van der Waals surface area (Å²) in [7, 11) is 3.88. The van der Waals surface area contributed by atoms with Crippen LogP contribution >= 0.6 is 0 Å². The lowest BCUT2D eigenvalue weighted by molar-refractivity contribution is 0.402. The normalized spacial score (nSPS) is 17.8. The van der Waals surface area contributed by atoms with E-state index in [-0.39, 0.29) is 0 Å². The molecule has 1 aliphatic rings. The third kappa shape index (κ3) is 9.80. The molecule has 0 amide bonds. The summed E-state index contributed by atoms with van der Waals surface area (Å²) >= 11 is 0. The summed E-state index contributed by atoms with van der Waals surface area (Å²) in [4.78, 5) is 0. The van der Waals surface area contributed by atoms with E-state index >= 15 is 0 Å². The minimum absolute atomic E-state index is 0.973. The molecule has 1 fully saturated rings. The molecule has 0 bridgehead atoms. The molecule has 0 aromatic rings. The molecule has 0 aliphatic carbocycles. The molecule has 3 heteroatoms. The Balaban J connectivity index is 0.000000226. The fourth-order valence-electron chi connectivity index (χ4n) is 1.22. The standard InChI is InChI=1S/C6H13N.C4H12N2/c1-6-2-4-7-5-3-6;1-5-3-4-6-2/h6-7H,2-5H2,1H3;5-6H,3-4H2,1-2H3. The van der Waals surface area contributed by atoms with Gasteiger partial charge in [-0.1, -0.05) is 6.92 Å². The average Bonchev–Trinajstić information content (AvgIpc) is 2.17. The van der Waals surface area contributed by atoms with E-state index in [1.54, 1.807) is 0 Å². The van der Waals surface area contributed by atoms with E-state index in [2.05, 4.69) is 22.9 Å². The zero-order chi connectivity index (χ0) is 9.94. The molecule has 0 atom stereocenters. The fraction of sp³-hybridized carbons (Fsp3) is 1.00. The van der Waals surface area contributed by atoms with Gasteiger partial charge in [-0.25, -0.2) is 0 Å². The van der Waals surface area contributed by atoms with Crippen molar-refractivity contribution in [2.45, 2.75) is 19.8 Å². The molecule has 80 valence electrons. The van der Waals surface area contributed by atoms with Crippen molar-refractivity contribution in [1.29, 1.82) is 0 Å². The van der Waals surface area contributed by atoms with Crippen molar-refractivity contribution in [3.05, 3.63) is 0 Å². The maximum Gasteiger partial charge on any atom is 0.00736 e. The SMILES string of the molecule is CC1CCNCC1.CNCCNC. The summed E-state index contributed by atoms with van der Waals surface area (Å²) in [5.41, 5.74) is 0. The zero-order valence-corrected chi connectivity index (χ0v) is 9.32. The van der Waals surface area contributed by atoms with Gasteiger partial charge in [-0.3, -0.25) is 0 Å². The summed E-state index contributed by atoms with van der Waals surface area (Å²) in [6.07, 6.45) is 2.75. The highest BCUT2D eigenvalue weighted by atomic mass is 14.9. The first kappa shape index (κ1) is 12.9. The van der Waals surface area contributed by atoms with Gasteiger partial charge in [-0.05, 0) is 45.9 Å². The fourth-order valence-corrected chi connectivity index (χ4v) is 1.22. The van der Waals surface area contributed by atoms with Gasteiger partial charge in [0, 0.05) is 13.1 Å². The summed E-state index contributed by atoms with van der Waals surface area (Å²) in [6, 6.07) is 0. The van der Waals surface area contributed by atoms with Crippen LogP contribution in [0.4, 0.5) is 0 Å². The third-order valence-corrected chi connectivity index (χ3v) is 2.25. The van der Waals surface area contributed by atoms with Gasteiger partial charge < -0.3 is 16.0 Å². The molecule has 3 N–H and O–H groups in total. The third-order valence-electron chi connectivity index (χ3n) is 2.25. The van der Waals surface area contributed by atoms with Gasteiger partial charge in [0.05, 0.1) is 0 Å². The Bertz CT molecular complexity index is 86.2. The van der Waals surface area contributed by atoms with Gasteiger partial charge in [0.25, 0.3) is 0 Å². The van der Waals surface area contributed by atoms with Crippen molar-refractivity contribution in [3.63, 3.8) is 0 Å². The number of hydrogen-bond donors (Lipinski definition) is 3. The second kappa shape index (κ2) is 9.96. The van der Waals surface area contributed by atoms with Gasteiger partial charge in [0.1, 0.15) is 0 Å². The van der Waals surface area contributed by atoms with Crippen LogP contribution in [0.2, 0.25) is 0 Å². The van der Waals surface area contributed by atoms with Crippen LogP contribution in [-0.4, -0.2) is 40.3 Å². The van der Waals surface area contributed by atoms with Crippen LogP contribution < -0.4 is 16.0 Å². The Morgan fingerprint density at radius 3 is 1.77 bits per heavy atom. The smallest absolute Gasteiger partial charge is 0.00736 e. The predicted molar refractivity (Wildman–Crippen MR) is 59.1 cm³/mol. The average molecular weight is 187 g/mol. The number of piperidine rings is 1. The molecule has 0 spiro atoms. The van der Waals surface area contributed by atoms with Crippen molar-refractivity contribution in [1.82, 2.24) is 16.0 Å². The van der Waals surface area contributed by atoms with Crippen LogP contribution in [0, 0.1) is 5.92 Å².